The highest BCUT2D eigenvalue weighted by atomic mass is 19.3. The van der Waals surface area contributed by atoms with Gasteiger partial charge in [0.1, 0.15) is 5.69 Å². The van der Waals surface area contributed by atoms with Crippen molar-refractivity contribution in [1.82, 2.24) is 15.1 Å². The van der Waals surface area contributed by atoms with Gasteiger partial charge in [0.25, 0.3) is 6.43 Å². The number of hydrogen-bond acceptors (Lipinski definition) is 4. The summed E-state index contributed by atoms with van der Waals surface area (Å²) in [5, 5.41) is 14.9. The Hall–Kier alpha value is -2.30. The average Bonchev–Trinajstić information content (AvgIpc) is 2.82. The molecule has 6 nitrogen and oxygen atoms in total. The first-order chi connectivity index (χ1) is 9.81. The molecule has 1 heterocycles. The molecule has 0 bridgehead atoms. The van der Waals surface area contributed by atoms with Crippen LogP contribution in [0, 0.1) is 23.2 Å². The maximum absolute atomic E-state index is 13.0. The molecule has 0 aromatic carbocycles. The lowest BCUT2D eigenvalue weighted by atomic mass is 10.00. The fraction of sp³-hybridized carbons (Fsp3) is 0.538. The zero-order valence-corrected chi connectivity index (χ0v) is 11.9. The van der Waals surface area contributed by atoms with Gasteiger partial charge in [-0.25, -0.2) is 8.78 Å². The summed E-state index contributed by atoms with van der Waals surface area (Å²) in [6.45, 7) is 4.09. The molecular formula is C13H16F2N4O2. The third-order valence-corrected chi connectivity index (χ3v) is 2.71. The molecule has 0 radical (unpaired) electrons. The molecule has 0 aliphatic rings. The lowest BCUT2D eigenvalue weighted by molar-refractivity contribution is -0.121. The number of ketones is 1. The fourth-order valence-corrected chi connectivity index (χ4v) is 1.77. The summed E-state index contributed by atoms with van der Waals surface area (Å²) < 4.78 is 27.2. The van der Waals surface area contributed by atoms with Gasteiger partial charge >= 0.3 is 0 Å². The molecule has 0 spiro atoms. The van der Waals surface area contributed by atoms with E-state index in [9.17, 15) is 18.4 Å². The second kappa shape index (κ2) is 6.92. The van der Waals surface area contributed by atoms with Crippen molar-refractivity contribution in [1.29, 1.82) is 5.26 Å². The maximum Gasteiger partial charge on any atom is 0.267 e. The number of Topliss-reactive ketones (excluding diaryl/α,β-unsaturated/α-hetero) is 1. The predicted molar refractivity (Wildman–Crippen MR) is 69.5 cm³/mol. The zero-order chi connectivity index (χ0) is 16.2. The number of nitrogens with zero attached hydrogens (tertiary/aromatic N) is 3. The Morgan fingerprint density at radius 2 is 2.10 bits per heavy atom. The summed E-state index contributed by atoms with van der Waals surface area (Å²) in [7, 11) is 1.26. The largest absolute Gasteiger partial charge is 0.358 e. The molecule has 1 aromatic heterocycles. The Bertz CT molecular complexity index is 575. The third kappa shape index (κ3) is 3.84. The highest BCUT2D eigenvalue weighted by molar-refractivity contribution is 6.11. The van der Waals surface area contributed by atoms with Crippen molar-refractivity contribution in [3.8, 4) is 6.07 Å². The number of carbonyl (C=O) groups is 2. The molecule has 0 aliphatic heterocycles. The molecule has 0 unspecified atom stereocenters. The number of carbonyl (C=O) groups excluding carboxylic acids is 2. The van der Waals surface area contributed by atoms with Gasteiger partial charge in [-0.3, -0.25) is 14.3 Å². The van der Waals surface area contributed by atoms with Crippen molar-refractivity contribution >= 4 is 11.7 Å². The molecule has 0 fully saturated rings. The van der Waals surface area contributed by atoms with Crippen molar-refractivity contribution in [2.75, 3.05) is 7.05 Å². The van der Waals surface area contributed by atoms with Crippen molar-refractivity contribution in [2.45, 2.75) is 26.8 Å². The number of halogens is 2. The van der Waals surface area contributed by atoms with E-state index >= 15 is 0 Å². The lowest BCUT2D eigenvalue weighted by Crippen LogP contribution is -2.32. The molecule has 8 heteroatoms. The molecular weight excluding hydrogens is 282 g/mol. The van der Waals surface area contributed by atoms with Crippen LogP contribution in [-0.2, 0) is 11.3 Å². The van der Waals surface area contributed by atoms with Gasteiger partial charge in [-0.1, -0.05) is 13.8 Å². The summed E-state index contributed by atoms with van der Waals surface area (Å²) in [6.07, 6.45) is -1.83. The van der Waals surface area contributed by atoms with E-state index in [4.69, 9.17) is 5.26 Å². The molecule has 114 valence electrons. The van der Waals surface area contributed by atoms with Crippen molar-refractivity contribution < 1.29 is 18.4 Å². The average molecular weight is 298 g/mol. The van der Waals surface area contributed by atoms with Crippen LogP contribution >= 0.6 is 0 Å². The summed E-state index contributed by atoms with van der Waals surface area (Å²) in [4.78, 5) is 23.6. The Labute approximate surface area is 120 Å². The van der Waals surface area contributed by atoms with E-state index < -0.39 is 35.3 Å². The topological polar surface area (TPSA) is 87.8 Å². The van der Waals surface area contributed by atoms with E-state index in [2.05, 4.69) is 10.4 Å². The normalized spacial score (nSPS) is 12.3. The SMILES string of the molecule is CNC(=O)[C@@H](C#N)C(=O)c1nn(CC(C)C)cc1C(F)F. The molecule has 0 saturated carbocycles. The molecule has 1 rings (SSSR count). The molecule has 1 N–H and O–H groups in total. The minimum Gasteiger partial charge on any atom is -0.358 e. The lowest BCUT2D eigenvalue weighted by Gasteiger charge is -2.06. The van der Waals surface area contributed by atoms with Gasteiger partial charge in [0.15, 0.2) is 5.92 Å². The molecule has 1 atom stereocenters. The third-order valence-electron chi connectivity index (χ3n) is 2.71. The molecule has 21 heavy (non-hydrogen) atoms. The van der Waals surface area contributed by atoms with E-state index in [1.807, 2.05) is 13.8 Å². The number of amides is 1. The van der Waals surface area contributed by atoms with Crippen LogP contribution in [0.25, 0.3) is 0 Å². The smallest absolute Gasteiger partial charge is 0.267 e. The predicted octanol–water partition coefficient (Wildman–Crippen LogP) is 1.55. The summed E-state index contributed by atoms with van der Waals surface area (Å²) >= 11 is 0. The van der Waals surface area contributed by atoms with Crippen LogP contribution in [0.1, 0.15) is 36.3 Å². The summed E-state index contributed by atoms with van der Waals surface area (Å²) in [5.41, 5.74) is -1.09. The van der Waals surface area contributed by atoms with Crippen LogP contribution in [0.5, 0.6) is 0 Å². The second-order valence-corrected chi connectivity index (χ2v) is 4.89. The van der Waals surface area contributed by atoms with Gasteiger partial charge in [-0.05, 0) is 5.92 Å². The van der Waals surface area contributed by atoms with Gasteiger partial charge in [0.2, 0.25) is 11.7 Å². The first-order valence-corrected chi connectivity index (χ1v) is 6.32. The molecule has 0 aliphatic carbocycles. The number of nitrogens with one attached hydrogen (secondary N) is 1. The maximum atomic E-state index is 13.0. The van der Waals surface area contributed by atoms with E-state index in [-0.39, 0.29) is 5.92 Å². The van der Waals surface area contributed by atoms with Gasteiger partial charge in [0.05, 0.1) is 11.6 Å². The minimum atomic E-state index is -2.91. The minimum absolute atomic E-state index is 0.143. The Kier molecular flexibility index (Phi) is 5.52. The van der Waals surface area contributed by atoms with Gasteiger partial charge in [-0.2, -0.15) is 10.4 Å². The fourth-order valence-electron chi connectivity index (χ4n) is 1.77. The van der Waals surface area contributed by atoms with Gasteiger partial charge in [0, 0.05) is 19.8 Å². The standard InChI is InChI=1S/C13H16F2N4O2/c1-7(2)5-19-6-9(12(14)15)10(18-19)11(20)8(4-16)13(21)17-3/h6-8,12H,5H2,1-3H3,(H,17,21)/t8-/m0/s1. The monoisotopic (exact) mass is 298 g/mol. The van der Waals surface area contributed by atoms with Crippen molar-refractivity contribution in [3.63, 3.8) is 0 Å². The highest BCUT2D eigenvalue weighted by Crippen LogP contribution is 2.24. The Morgan fingerprint density at radius 3 is 2.52 bits per heavy atom. The van der Waals surface area contributed by atoms with Crippen molar-refractivity contribution in [2.24, 2.45) is 11.8 Å². The van der Waals surface area contributed by atoms with Crippen LogP contribution in [0.4, 0.5) is 8.78 Å². The van der Waals surface area contributed by atoms with Crippen LogP contribution in [-0.4, -0.2) is 28.5 Å². The molecule has 1 amide bonds. The summed E-state index contributed by atoms with van der Waals surface area (Å²) in [6, 6.07) is 1.51. The Balaban J connectivity index is 3.21. The van der Waals surface area contributed by atoms with Crippen molar-refractivity contribution in [3.05, 3.63) is 17.5 Å². The zero-order valence-electron chi connectivity index (χ0n) is 11.9. The van der Waals surface area contributed by atoms with E-state index in [0.29, 0.717) is 6.54 Å². The first kappa shape index (κ1) is 16.8. The molecule has 0 saturated heterocycles. The number of rotatable bonds is 6. The number of alkyl halides is 2. The van der Waals surface area contributed by atoms with E-state index in [0.717, 1.165) is 6.20 Å². The number of nitriles is 1. The van der Waals surface area contributed by atoms with E-state index in [1.165, 1.54) is 17.8 Å². The van der Waals surface area contributed by atoms with Gasteiger partial charge in [-0.15, -0.1) is 0 Å². The second-order valence-electron chi connectivity index (χ2n) is 4.89. The number of aromatic nitrogens is 2. The quantitative estimate of drug-likeness (QED) is 0.637. The highest BCUT2D eigenvalue weighted by Gasteiger charge is 2.32. The van der Waals surface area contributed by atoms with Crippen LogP contribution in [0.3, 0.4) is 0 Å². The first-order valence-electron chi connectivity index (χ1n) is 6.32. The van der Waals surface area contributed by atoms with E-state index in [1.54, 1.807) is 0 Å². The number of hydrogen-bond donors (Lipinski definition) is 1. The van der Waals surface area contributed by atoms with Crippen LogP contribution in [0.15, 0.2) is 6.20 Å². The van der Waals surface area contributed by atoms with Gasteiger partial charge < -0.3 is 5.32 Å². The van der Waals surface area contributed by atoms with Crippen LogP contribution < -0.4 is 5.32 Å². The molecule has 1 aromatic rings. The Morgan fingerprint density at radius 1 is 1.48 bits per heavy atom. The van der Waals surface area contributed by atoms with Crippen LogP contribution in [0.2, 0.25) is 0 Å². The summed E-state index contributed by atoms with van der Waals surface area (Å²) in [5.74, 6) is -3.41.